The van der Waals surface area contributed by atoms with Crippen molar-refractivity contribution in [2.75, 3.05) is 11.5 Å². The number of thioether (sulfide) groups is 1. The Bertz CT molecular complexity index is 497. The molecule has 0 radical (unpaired) electrons. The Labute approximate surface area is 130 Å². The van der Waals surface area contributed by atoms with E-state index in [2.05, 4.69) is 0 Å². The van der Waals surface area contributed by atoms with Crippen molar-refractivity contribution in [2.24, 2.45) is 11.8 Å². The molecule has 2 aliphatic carbocycles. The van der Waals surface area contributed by atoms with E-state index in [0.717, 1.165) is 38.5 Å². The fraction of sp³-hybridized carbons (Fsp3) is 0.929. The minimum Gasteiger partial charge on any atom is -0.480 e. The number of carboxylic acid groups (broad SMARTS) is 1. The van der Waals surface area contributed by atoms with Crippen LogP contribution in [0.2, 0.25) is 0 Å². The van der Waals surface area contributed by atoms with Gasteiger partial charge in [-0.05, 0) is 37.5 Å². The van der Waals surface area contributed by atoms with Crippen LogP contribution in [0.3, 0.4) is 0 Å². The Balaban J connectivity index is 1.77. The van der Waals surface area contributed by atoms with Crippen molar-refractivity contribution in [1.82, 2.24) is 4.31 Å². The Morgan fingerprint density at radius 2 is 1.81 bits per heavy atom. The van der Waals surface area contributed by atoms with Crippen LogP contribution in [0.15, 0.2) is 0 Å². The van der Waals surface area contributed by atoms with Gasteiger partial charge in [0, 0.05) is 5.75 Å². The van der Waals surface area contributed by atoms with Gasteiger partial charge >= 0.3 is 5.97 Å². The smallest absolute Gasteiger partial charge is 0.322 e. The minimum atomic E-state index is -3.48. The van der Waals surface area contributed by atoms with Crippen molar-refractivity contribution < 1.29 is 18.3 Å². The molecule has 5 nitrogen and oxygen atoms in total. The summed E-state index contributed by atoms with van der Waals surface area (Å²) < 4.78 is 27.0. The van der Waals surface area contributed by atoms with Crippen LogP contribution in [-0.4, -0.2) is 46.7 Å². The monoisotopic (exact) mass is 333 g/mol. The lowest BCUT2D eigenvalue weighted by Gasteiger charge is -2.29. The molecule has 0 bridgehead atoms. The molecule has 0 amide bonds. The first-order valence-electron chi connectivity index (χ1n) is 7.84. The van der Waals surface area contributed by atoms with E-state index in [4.69, 9.17) is 0 Å². The number of carbonyl (C=O) groups is 1. The largest absolute Gasteiger partial charge is 0.480 e. The molecule has 3 rings (SSSR count). The van der Waals surface area contributed by atoms with Crippen LogP contribution in [0.25, 0.3) is 0 Å². The van der Waals surface area contributed by atoms with Gasteiger partial charge in [0.25, 0.3) is 0 Å². The van der Waals surface area contributed by atoms with Gasteiger partial charge in [0.15, 0.2) is 0 Å². The van der Waals surface area contributed by atoms with Crippen molar-refractivity contribution in [3.63, 3.8) is 0 Å². The second-order valence-electron chi connectivity index (χ2n) is 6.53. The first kappa shape index (κ1) is 15.6. The molecule has 1 heterocycles. The first-order valence-corrected chi connectivity index (χ1v) is 10.5. The molecule has 2 atom stereocenters. The fourth-order valence-corrected chi connectivity index (χ4v) is 7.84. The molecule has 1 saturated heterocycles. The summed E-state index contributed by atoms with van der Waals surface area (Å²) in [6, 6.07) is -0.866. The summed E-state index contributed by atoms with van der Waals surface area (Å²) in [5.74, 6) is 0.100. The molecule has 2 unspecified atom stereocenters. The third-order valence-electron chi connectivity index (χ3n) is 4.79. The van der Waals surface area contributed by atoms with Gasteiger partial charge in [-0.1, -0.05) is 19.3 Å². The molecule has 2 saturated carbocycles. The van der Waals surface area contributed by atoms with Gasteiger partial charge in [0.05, 0.1) is 11.1 Å². The molecular formula is C14H23NO4S2. The Hall–Kier alpha value is -0.270. The summed E-state index contributed by atoms with van der Waals surface area (Å²) in [4.78, 5) is 11.4. The van der Waals surface area contributed by atoms with E-state index in [9.17, 15) is 18.3 Å². The van der Waals surface area contributed by atoms with Gasteiger partial charge in [-0.15, -0.1) is 11.8 Å². The Morgan fingerprint density at radius 1 is 1.14 bits per heavy atom. The summed E-state index contributed by atoms with van der Waals surface area (Å²) >= 11 is 1.51. The lowest BCUT2D eigenvalue weighted by atomic mass is 9.91. The van der Waals surface area contributed by atoms with Crippen LogP contribution in [0.1, 0.15) is 44.9 Å². The number of sulfonamides is 1. The van der Waals surface area contributed by atoms with E-state index in [1.54, 1.807) is 0 Å². The zero-order valence-electron chi connectivity index (χ0n) is 12.1. The fourth-order valence-electron chi connectivity index (χ4n) is 3.51. The van der Waals surface area contributed by atoms with E-state index in [0.29, 0.717) is 11.7 Å². The van der Waals surface area contributed by atoms with Crippen molar-refractivity contribution in [3.05, 3.63) is 0 Å². The van der Waals surface area contributed by atoms with Crippen molar-refractivity contribution >= 4 is 27.8 Å². The summed E-state index contributed by atoms with van der Waals surface area (Å²) in [6.07, 6.45) is 7.38. The molecule has 21 heavy (non-hydrogen) atoms. The van der Waals surface area contributed by atoms with Gasteiger partial charge in [-0.2, -0.15) is 4.31 Å². The number of hydrogen-bond donors (Lipinski definition) is 1. The summed E-state index contributed by atoms with van der Waals surface area (Å²) in [5.41, 5.74) is 0. The molecule has 1 aliphatic heterocycles. The maximum absolute atomic E-state index is 12.8. The van der Waals surface area contributed by atoms with Gasteiger partial charge in [-0.25, -0.2) is 8.42 Å². The molecule has 0 spiro atoms. The molecule has 3 fully saturated rings. The average molecular weight is 333 g/mol. The maximum Gasteiger partial charge on any atom is 0.322 e. The molecule has 3 aliphatic rings. The highest BCUT2D eigenvalue weighted by Gasteiger charge is 2.51. The van der Waals surface area contributed by atoms with E-state index in [1.807, 2.05) is 0 Å². The quantitative estimate of drug-likeness (QED) is 0.834. The van der Waals surface area contributed by atoms with E-state index >= 15 is 0 Å². The lowest BCUT2D eigenvalue weighted by molar-refractivity contribution is -0.140. The summed E-state index contributed by atoms with van der Waals surface area (Å²) in [7, 11) is -3.48. The van der Waals surface area contributed by atoms with Gasteiger partial charge in [0.2, 0.25) is 10.0 Å². The maximum atomic E-state index is 12.8. The van der Waals surface area contributed by atoms with E-state index < -0.39 is 22.0 Å². The minimum absolute atomic E-state index is 0.139. The Morgan fingerprint density at radius 3 is 2.38 bits per heavy atom. The molecular weight excluding hydrogens is 310 g/mol. The van der Waals surface area contributed by atoms with Crippen molar-refractivity contribution in [1.29, 1.82) is 0 Å². The zero-order valence-corrected chi connectivity index (χ0v) is 13.7. The lowest BCUT2D eigenvalue weighted by Crippen LogP contribution is -2.48. The van der Waals surface area contributed by atoms with Gasteiger partial charge in [-0.3, -0.25) is 4.79 Å². The van der Waals surface area contributed by atoms with E-state index in [-0.39, 0.29) is 17.0 Å². The number of carboxylic acids is 1. The van der Waals surface area contributed by atoms with Gasteiger partial charge in [0.1, 0.15) is 6.04 Å². The normalized spacial score (nSPS) is 32.4. The van der Waals surface area contributed by atoms with Crippen LogP contribution < -0.4 is 0 Å². The van der Waals surface area contributed by atoms with E-state index in [1.165, 1.54) is 22.5 Å². The van der Waals surface area contributed by atoms with Crippen LogP contribution in [0.4, 0.5) is 0 Å². The molecule has 0 aromatic heterocycles. The van der Waals surface area contributed by atoms with Crippen LogP contribution >= 0.6 is 11.8 Å². The van der Waals surface area contributed by atoms with Crippen molar-refractivity contribution in [2.45, 2.75) is 56.4 Å². The SMILES string of the molecule is O=C(O)C1CSC(C2CC2)N1S(=O)(=O)CC1CCCCC1. The third-order valence-corrected chi connectivity index (χ3v) is 8.40. The second kappa shape index (κ2) is 6.08. The standard InChI is InChI=1S/C14H23NO4S2/c16-14(17)12-8-20-13(11-6-7-11)15(12)21(18,19)9-10-4-2-1-3-5-10/h10-13H,1-9H2,(H,16,17). The molecule has 1 N–H and O–H groups in total. The number of rotatable bonds is 5. The highest BCUT2D eigenvalue weighted by Crippen LogP contribution is 2.47. The topological polar surface area (TPSA) is 74.7 Å². The number of nitrogens with zero attached hydrogens (tertiary/aromatic N) is 1. The molecule has 0 aromatic rings. The summed E-state index contributed by atoms with van der Waals surface area (Å²) in [6.45, 7) is 0. The second-order valence-corrected chi connectivity index (χ2v) is 9.60. The average Bonchev–Trinajstić information content (AvgIpc) is 3.17. The zero-order chi connectivity index (χ0) is 15.0. The Kier molecular flexibility index (Phi) is 4.52. The van der Waals surface area contributed by atoms with Crippen LogP contribution in [-0.2, 0) is 14.8 Å². The molecule has 120 valence electrons. The number of aliphatic carboxylic acids is 1. The molecule has 0 aromatic carbocycles. The first-order chi connectivity index (χ1) is 9.99. The predicted molar refractivity (Wildman–Crippen MR) is 82.6 cm³/mol. The predicted octanol–water partition coefficient (Wildman–Crippen LogP) is 2.13. The summed E-state index contributed by atoms with van der Waals surface area (Å²) in [5, 5.41) is 9.21. The van der Waals surface area contributed by atoms with Crippen molar-refractivity contribution in [3.8, 4) is 0 Å². The highest BCUT2D eigenvalue weighted by atomic mass is 32.2. The third kappa shape index (κ3) is 3.40. The highest BCUT2D eigenvalue weighted by molar-refractivity contribution is 8.01. The van der Waals surface area contributed by atoms with Crippen LogP contribution in [0, 0.1) is 11.8 Å². The van der Waals surface area contributed by atoms with Crippen LogP contribution in [0.5, 0.6) is 0 Å². The molecule has 7 heteroatoms. The number of hydrogen-bond acceptors (Lipinski definition) is 4. The van der Waals surface area contributed by atoms with Gasteiger partial charge < -0.3 is 5.11 Å².